The SMILES string of the molecule is COC(=O)c1ccc(C(C)NC(=O)C2(NC(=O)OC(C)(C)C)CCOC(C)(C)C2)cc1. The molecule has 1 aliphatic heterocycles. The molecule has 2 atom stereocenters. The van der Waals surface area contributed by atoms with E-state index in [1.807, 2.05) is 20.8 Å². The fourth-order valence-corrected chi connectivity index (χ4v) is 3.67. The summed E-state index contributed by atoms with van der Waals surface area (Å²) in [5, 5.41) is 5.81. The summed E-state index contributed by atoms with van der Waals surface area (Å²) < 4.78 is 15.9. The van der Waals surface area contributed by atoms with Crippen molar-refractivity contribution < 1.29 is 28.6 Å². The van der Waals surface area contributed by atoms with Gasteiger partial charge in [0.05, 0.1) is 30.9 Å². The van der Waals surface area contributed by atoms with Gasteiger partial charge in [-0.2, -0.15) is 0 Å². The van der Waals surface area contributed by atoms with E-state index in [1.165, 1.54) is 7.11 Å². The van der Waals surface area contributed by atoms with Crippen molar-refractivity contribution in [3.63, 3.8) is 0 Å². The first kappa shape index (κ1) is 24.7. The Bertz CT molecular complexity index is 812. The van der Waals surface area contributed by atoms with Gasteiger partial charge in [-0.15, -0.1) is 0 Å². The molecule has 2 amide bonds. The van der Waals surface area contributed by atoms with Gasteiger partial charge in [-0.3, -0.25) is 4.79 Å². The molecule has 8 nitrogen and oxygen atoms in total. The summed E-state index contributed by atoms with van der Waals surface area (Å²) in [6.07, 6.45) is -0.00961. The van der Waals surface area contributed by atoms with E-state index < -0.39 is 28.8 Å². The Labute approximate surface area is 184 Å². The molecule has 8 heteroatoms. The van der Waals surface area contributed by atoms with Gasteiger partial charge in [-0.05, 0) is 59.2 Å². The van der Waals surface area contributed by atoms with Crippen molar-refractivity contribution in [1.82, 2.24) is 10.6 Å². The van der Waals surface area contributed by atoms with Crippen molar-refractivity contribution in [2.75, 3.05) is 13.7 Å². The summed E-state index contributed by atoms with van der Waals surface area (Å²) in [6.45, 7) is 11.3. The minimum atomic E-state index is -1.16. The van der Waals surface area contributed by atoms with Crippen LogP contribution < -0.4 is 10.6 Å². The molecule has 0 bridgehead atoms. The van der Waals surface area contributed by atoms with E-state index in [2.05, 4.69) is 10.6 Å². The molecule has 2 rings (SSSR count). The lowest BCUT2D eigenvalue weighted by Crippen LogP contribution is -2.64. The molecule has 1 heterocycles. The number of amides is 2. The molecule has 1 aromatic rings. The molecule has 0 spiro atoms. The standard InChI is InChI=1S/C23H34N2O6/c1-15(16-8-10-17(11-9-16)18(26)29-7)24-19(27)23(12-13-30-22(5,6)14-23)25-20(28)31-21(2,3)4/h8-11,15H,12-14H2,1-7H3,(H,24,27)(H,25,28). The molecule has 31 heavy (non-hydrogen) atoms. The molecule has 0 aliphatic carbocycles. The second-order valence-corrected chi connectivity index (χ2v) is 9.55. The molecule has 0 saturated carbocycles. The van der Waals surface area contributed by atoms with Crippen LogP contribution in [0.4, 0.5) is 4.79 Å². The number of esters is 1. The van der Waals surface area contributed by atoms with Gasteiger partial charge in [0.25, 0.3) is 0 Å². The van der Waals surface area contributed by atoms with Crippen molar-refractivity contribution in [3.8, 4) is 0 Å². The number of alkyl carbamates (subject to hydrolysis) is 1. The zero-order valence-electron chi connectivity index (χ0n) is 19.5. The quantitative estimate of drug-likeness (QED) is 0.688. The van der Waals surface area contributed by atoms with Gasteiger partial charge in [0.2, 0.25) is 5.91 Å². The van der Waals surface area contributed by atoms with Crippen molar-refractivity contribution in [1.29, 1.82) is 0 Å². The number of hydrogen-bond donors (Lipinski definition) is 2. The Kier molecular flexibility index (Phi) is 7.36. The van der Waals surface area contributed by atoms with Gasteiger partial charge in [0.1, 0.15) is 11.1 Å². The lowest BCUT2D eigenvalue weighted by molar-refractivity contribution is -0.142. The van der Waals surface area contributed by atoms with Gasteiger partial charge in [0, 0.05) is 12.8 Å². The van der Waals surface area contributed by atoms with Gasteiger partial charge >= 0.3 is 12.1 Å². The smallest absolute Gasteiger partial charge is 0.408 e. The van der Waals surface area contributed by atoms with Crippen LogP contribution in [0.3, 0.4) is 0 Å². The second-order valence-electron chi connectivity index (χ2n) is 9.55. The Morgan fingerprint density at radius 2 is 1.74 bits per heavy atom. The maximum Gasteiger partial charge on any atom is 0.408 e. The van der Waals surface area contributed by atoms with E-state index in [4.69, 9.17) is 14.2 Å². The van der Waals surface area contributed by atoms with E-state index in [0.717, 1.165) is 5.56 Å². The van der Waals surface area contributed by atoms with Crippen LogP contribution in [0, 0.1) is 0 Å². The summed E-state index contributed by atoms with van der Waals surface area (Å²) in [7, 11) is 1.32. The predicted octanol–water partition coefficient (Wildman–Crippen LogP) is 3.50. The minimum Gasteiger partial charge on any atom is -0.465 e. The molecular formula is C23H34N2O6. The van der Waals surface area contributed by atoms with Crippen molar-refractivity contribution in [3.05, 3.63) is 35.4 Å². The summed E-state index contributed by atoms with van der Waals surface area (Å²) in [6, 6.07) is 6.48. The molecule has 1 saturated heterocycles. The fourth-order valence-electron chi connectivity index (χ4n) is 3.67. The van der Waals surface area contributed by atoms with Gasteiger partial charge in [0.15, 0.2) is 0 Å². The number of hydrogen-bond acceptors (Lipinski definition) is 6. The first-order chi connectivity index (χ1) is 14.3. The van der Waals surface area contributed by atoms with Crippen LogP contribution in [0.2, 0.25) is 0 Å². The number of methoxy groups -OCH3 is 1. The predicted molar refractivity (Wildman–Crippen MR) is 116 cm³/mol. The molecule has 2 unspecified atom stereocenters. The molecule has 1 aromatic carbocycles. The number of rotatable bonds is 5. The largest absolute Gasteiger partial charge is 0.465 e. The maximum absolute atomic E-state index is 13.4. The third kappa shape index (κ3) is 6.69. The summed E-state index contributed by atoms with van der Waals surface area (Å²) in [4.78, 5) is 37.6. The summed E-state index contributed by atoms with van der Waals surface area (Å²) in [5.74, 6) is -0.729. The fraction of sp³-hybridized carbons (Fsp3) is 0.609. The average molecular weight is 435 g/mol. The normalized spacial score (nSPS) is 21.5. The van der Waals surface area contributed by atoms with E-state index in [1.54, 1.807) is 45.0 Å². The topological polar surface area (TPSA) is 103 Å². The zero-order valence-corrected chi connectivity index (χ0v) is 19.5. The molecular weight excluding hydrogens is 400 g/mol. The highest BCUT2D eigenvalue weighted by Crippen LogP contribution is 2.33. The average Bonchev–Trinajstić information content (AvgIpc) is 2.64. The van der Waals surface area contributed by atoms with E-state index in [-0.39, 0.29) is 11.9 Å². The first-order valence-electron chi connectivity index (χ1n) is 10.4. The Balaban J connectivity index is 2.20. The third-order valence-electron chi connectivity index (χ3n) is 5.10. The van der Waals surface area contributed by atoms with E-state index in [9.17, 15) is 14.4 Å². The number of ether oxygens (including phenoxy) is 3. The lowest BCUT2D eigenvalue weighted by atomic mass is 9.80. The van der Waals surface area contributed by atoms with Crippen LogP contribution in [0.15, 0.2) is 24.3 Å². The van der Waals surface area contributed by atoms with Crippen LogP contribution in [0.1, 0.15) is 76.3 Å². The van der Waals surface area contributed by atoms with Gasteiger partial charge in [-0.1, -0.05) is 12.1 Å². The molecule has 172 valence electrons. The number of carbonyl (C=O) groups excluding carboxylic acids is 3. The Hall–Kier alpha value is -2.61. The van der Waals surface area contributed by atoms with Crippen LogP contribution >= 0.6 is 0 Å². The Morgan fingerprint density at radius 1 is 1.13 bits per heavy atom. The van der Waals surface area contributed by atoms with Crippen molar-refractivity contribution >= 4 is 18.0 Å². The molecule has 2 N–H and O–H groups in total. The van der Waals surface area contributed by atoms with Crippen molar-refractivity contribution in [2.24, 2.45) is 0 Å². The molecule has 0 aromatic heterocycles. The second kappa shape index (κ2) is 9.26. The van der Waals surface area contributed by atoms with Crippen molar-refractivity contribution in [2.45, 2.75) is 77.2 Å². The maximum atomic E-state index is 13.4. The molecule has 1 fully saturated rings. The highest BCUT2D eigenvalue weighted by Gasteiger charge is 2.48. The monoisotopic (exact) mass is 434 g/mol. The van der Waals surface area contributed by atoms with Gasteiger partial charge in [-0.25, -0.2) is 9.59 Å². The van der Waals surface area contributed by atoms with Crippen LogP contribution in [0.25, 0.3) is 0 Å². The third-order valence-corrected chi connectivity index (χ3v) is 5.10. The molecule has 0 radical (unpaired) electrons. The zero-order chi connectivity index (χ0) is 23.4. The minimum absolute atomic E-state index is 0.305. The number of benzene rings is 1. The van der Waals surface area contributed by atoms with Gasteiger partial charge < -0.3 is 24.8 Å². The van der Waals surface area contributed by atoms with Crippen LogP contribution in [-0.4, -0.2) is 48.4 Å². The van der Waals surface area contributed by atoms with E-state index >= 15 is 0 Å². The lowest BCUT2D eigenvalue weighted by Gasteiger charge is -2.44. The van der Waals surface area contributed by atoms with Crippen LogP contribution in [0.5, 0.6) is 0 Å². The van der Waals surface area contributed by atoms with E-state index in [0.29, 0.717) is 25.0 Å². The summed E-state index contributed by atoms with van der Waals surface area (Å²) >= 11 is 0. The highest BCUT2D eigenvalue weighted by molar-refractivity contribution is 5.91. The molecule has 1 aliphatic rings. The summed E-state index contributed by atoms with van der Waals surface area (Å²) in [5.41, 5.74) is -1.18. The number of nitrogens with one attached hydrogen (secondary N) is 2. The highest BCUT2D eigenvalue weighted by atomic mass is 16.6. The Morgan fingerprint density at radius 3 is 2.26 bits per heavy atom. The van der Waals surface area contributed by atoms with Crippen LogP contribution in [-0.2, 0) is 19.0 Å². The number of carbonyl (C=O) groups is 3. The first-order valence-corrected chi connectivity index (χ1v) is 10.4.